The minimum atomic E-state index is -1.02. The summed E-state index contributed by atoms with van der Waals surface area (Å²) in [4.78, 5) is 10.9. The van der Waals surface area contributed by atoms with Gasteiger partial charge in [0.2, 0.25) is 0 Å². The van der Waals surface area contributed by atoms with Crippen LogP contribution in [0.5, 0.6) is 0 Å². The molecule has 0 spiro atoms. The number of hydrogen-bond donors (Lipinski definition) is 1. The Morgan fingerprint density at radius 3 is 2.58 bits per heavy atom. The fourth-order valence-corrected chi connectivity index (χ4v) is 2.78. The van der Waals surface area contributed by atoms with Crippen molar-refractivity contribution in [1.29, 1.82) is 5.26 Å². The Balaban J connectivity index is 2.33. The zero-order valence-corrected chi connectivity index (χ0v) is 6.79. The van der Waals surface area contributed by atoms with E-state index in [9.17, 15) is 4.79 Å². The van der Waals surface area contributed by atoms with Gasteiger partial charge in [0.15, 0.2) is 5.41 Å². The molecule has 0 radical (unpaired) electrons. The van der Waals surface area contributed by atoms with Gasteiger partial charge in [0.1, 0.15) is 0 Å². The molecule has 0 unspecified atom stereocenters. The summed E-state index contributed by atoms with van der Waals surface area (Å²) in [6, 6.07) is 2.01. The first-order valence-electron chi connectivity index (χ1n) is 4.33. The van der Waals surface area contributed by atoms with Crippen molar-refractivity contribution in [1.82, 2.24) is 0 Å². The van der Waals surface area contributed by atoms with Crippen LogP contribution in [0, 0.1) is 28.6 Å². The van der Waals surface area contributed by atoms with Crippen LogP contribution in [-0.4, -0.2) is 11.1 Å². The number of fused-ring (bicyclic) bond motifs is 2. The van der Waals surface area contributed by atoms with Gasteiger partial charge in [0.05, 0.1) is 6.07 Å². The van der Waals surface area contributed by atoms with Crippen LogP contribution in [0.25, 0.3) is 0 Å². The van der Waals surface area contributed by atoms with Gasteiger partial charge < -0.3 is 5.11 Å². The van der Waals surface area contributed by atoms with Gasteiger partial charge in [-0.05, 0) is 31.1 Å². The predicted molar refractivity (Wildman–Crippen MR) is 41.1 cm³/mol. The first-order chi connectivity index (χ1) is 5.69. The summed E-state index contributed by atoms with van der Waals surface area (Å²) in [5.74, 6) is -0.270. The Bertz CT molecular complexity index is 268. The smallest absolute Gasteiger partial charge is 0.324 e. The van der Waals surface area contributed by atoms with E-state index in [1.165, 1.54) is 0 Å². The Morgan fingerprint density at radius 1 is 1.58 bits per heavy atom. The summed E-state index contributed by atoms with van der Waals surface area (Å²) in [5, 5.41) is 17.8. The van der Waals surface area contributed by atoms with Crippen LogP contribution < -0.4 is 0 Å². The van der Waals surface area contributed by atoms with Crippen LogP contribution in [0.1, 0.15) is 25.7 Å². The molecule has 0 amide bonds. The van der Waals surface area contributed by atoms with Crippen LogP contribution in [0.2, 0.25) is 0 Å². The van der Waals surface area contributed by atoms with E-state index in [-0.39, 0.29) is 5.92 Å². The molecular weight excluding hydrogens is 154 g/mol. The van der Waals surface area contributed by atoms with Gasteiger partial charge in [0.25, 0.3) is 0 Å². The zero-order chi connectivity index (χ0) is 8.77. The molecule has 12 heavy (non-hydrogen) atoms. The van der Waals surface area contributed by atoms with Gasteiger partial charge in [-0.25, -0.2) is 0 Å². The fraction of sp³-hybridized carbons (Fsp3) is 0.778. The van der Waals surface area contributed by atoms with Crippen molar-refractivity contribution in [3.8, 4) is 6.07 Å². The third kappa shape index (κ3) is 0.726. The lowest BCUT2D eigenvalue weighted by molar-refractivity contribution is -0.148. The van der Waals surface area contributed by atoms with Crippen molar-refractivity contribution in [2.24, 2.45) is 17.3 Å². The number of aliphatic carboxylic acids is 1. The molecule has 2 aliphatic rings. The molecule has 64 valence electrons. The minimum absolute atomic E-state index is 0.130. The number of nitrogens with zero attached hydrogens (tertiary/aromatic N) is 1. The maximum absolute atomic E-state index is 10.9. The molecule has 3 heteroatoms. The molecule has 0 aromatic heterocycles. The van der Waals surface area contributed by atoms with Crippen LogP contribution >= 0.6 is 0 Å². The van der Waals surface area contributed by atoms with E-state index in [1.54, 1.807) is 0 Å². The third-order valence-electron chi connectivity index (χ3n) is 3.43. The standard InChI is InChI=1S/C9H11NO2/c10-5-9(8(11)12)4-6-1-2-7(9)3-6/h6-7H,1-4H2,(H,11,12)/t6-,7-,9-/m0/s1. The Morgan fingerprint density at radius 2 is 2.33 bits per heavy atom. The molecule has 2 rings (SSSR count). The summed E-state index contributed by atoms with van der Waals surface area (Å²) in [7, 11) is 0. The fourth-order valence-electron chi connectivity index (χ4n) is 2.78. The normalized spacial score (nSPS) is 44.2. The maximum Gasteiger partial charge on any atom is 0.324 e. The van der Waals surface area contributed by atoms with Crippen LogP contribution in [0.15, 0.2) is 0 Å². The van der Waals surface area contributed by atoms with Gasteiger partial charge in [0, 0.05) is 0 Å². The van der Waals surface area contributed by atoms with Crippen LogP contribution in [-0.2, 0) is 4.79 Å². The van der Waals surface area contributed by atoms with Crippen molar-refractivity contribution >= 4 is 5.97 Å². The van der Waals surface area contributed by atoms with Gasteiger partial charge in [-0.3, -0.25) is 4.79 Å². The van der Waals surface area contributed by atoms with E-state index >= 15 is 0 Å². The van der Waals surface area contributed by atoms with Crippen molar-refractivity contribution in [3.05, 3.63) is 0 Å². The highest BCUT2D eigenvalue weighted by molar-refractivity contribution is 5.79. The van der Waals surface area contributed by atoms with Crippen molar-refractivity contribution < 1.29 is 9.90 Å². The molecule has 3 nitrogen and oxygen atoms in total. The van der Waals surface area contributed by atoms with E-state index in [2.05, 4.69) is 0 Å². The van der Waals surface area contributed by atoms with Crippen LogP contribution in [0.4, 0.5) is 0 Å². The molecule has 2 fully saturated rings. The molecule has 2 bridgehead atoms. The van der Waals surface area contributed by atoms with E-state index < -0.39 is 11.4 Å². The van der Waals surface area contributed by atoms with Gasteiger partial charge in [-0.1, -0.05) is 6.42 Å². The third-order valence-corrected chi connectivity index (χ3v) is 3.43. The topological polar surface area (TPSA) is 61.1 Å². The first-order valence-corrected chi connectivity index (χ1v) is 4.33. The largest absolute Gasteiger partial charge is 0.480 e. The highest BCUT2D eigenvalue weighted by Gasteiger charge is 2.56. The van der Waals surface area contributed by atoms with E-state index in [0.29, 0.717) is 12.3 Å². The van der Waals surface area contributed by atoms with Gasteiger partial charge in [-0.15, -0.1) is 0 Å². The second kappa shape index (κ2) is 2.22. The first kappa shape index (κ1) is 7.60. The van der Waals surface area contributed by atoms with Crippen molar-refractivity contribution in [2.45, 2.75) is 25.7 Å². The molecule has 2 saturated carbocycles. The lowest BCUT2D eigenvalue weighted by Crippen LogP contribution is -2.34. The quantitative estimate of drug-likeness (QED) is 0.638. The highest BCUT2D eigenvalue weighted by Crippen LogP contribution is 2.55. The molecule has 0 aromatic carbocycles. The summed E-state index contributed by atoms with van der Waals surface area (Å²) in [6.07, 6.45) is 3.61. The Labute approximate surface area is 71.0 Å². The number of rotatable bonds is 1. The SMILES string of the molecule is N#C[C@@]1(C(=O)O)C[C@H]2CC[C@H]1C2. The summed E-state index contributed by atoms with van der Waals surface area (Å²) >= 11 is 0. The molecule has 0 aliphatic heterocycles. The maximum atomic E-state index is 10.9. The number of carboxylic acid groups (broad SMARTS) is 1. The number of carbonyl (C=O) groups is 1. The lowest BCUT2D eigenvalue weighted by Gasteiger charge is -2.25. The van der Waals surface area contributed by atoms with Crippen molar-refractivity contribution in [3.63, 3.8) is 0 Å². The lowest BCUT2D eigenvalue weighted by atomic mass is 9.74. The molecule has 3 atom stereocenters. The van der Waals surface area contributed by atoms with Crippen molar-refractivity contribution in [2.75, 3.05) is 0 Å². The number of hydrogen-bond acceptors (Lipinski definition) is 2. The van der Waals surface area contributed by atoms with E-state index in [1.807, 2.05) is 6.07 Å². The van der Waals surface area contributed by atoms with E-state index in [0.717, 1.165) is 19.3 Å². The van der Waals surface area contributed by atoms with Gasteiger partial charge in [-0.2, -0.15) is 5.26 Å². The number of nitriles is 1. The summed E-state index contributed by atoms with van der Waals surface area (Å²) < 4.78 is 0. The molecule has 2 aliphatic carbocycles. The monoisotopic (exact) mass is 165 g/mol. The molecule has 1 N–H and O–H groups in total. The summed E-state index contributed by atoms with van der Waals surface area (Å²) in [5.41, 5.74) is -1.02. The average Bonchev–Trinajstić information content (AvgIpc) is 2.62. The average molecular weight is 165 g/mol. The predicted octanol–water partition coefficient (Wildman–Crippen LogP) is 1.40. The highest BCUT2D eigenvalue weighted by atomic mass is 16.4. The molecule has 0 heterocycles. The Kier molecular flexibility index (Phi) is 1.41. The second-order valence-corrected chi connectivity index (χ2v) is 3.97. The zero-order valence-electron chi connectivity index (χ0n) is 6.79. The van der Waals surface area contributed by atoms with Gasteiger partial charge >= 0.3 is 5.97 Å². The van der Waals surface area contributed by atoms with Crippen LogP contribution in [0.3, 0.4) is 0 Å². The second-order valence-electron chi connectivity index (χ2n) is 3.97. The molecule has 0 saturated heterocycles. The molecule has 0 aromatic rings. The Hall–Kier alpha value is -1.04. The molecular formula is C9H11NO2. The summed E-state index contributed by atoms with van der Waals surface area (Å²) in [6.45, 7) is 0. The number of carboxylic acids is 1. The minimum Gasteiger partial charge on any atom is -0.480 e. The van der Waals surface area contributed by atoms with E-state index in [4.69, 9.17) is 10.4 Å².